The topological polar surface area (TPSA) is 46.5 Å². The average Bonchev–Trinajstić information content (AvgIpc) is 2.27. The number of halogens is 1. The molecular formula is C12H9BrO3. The molecule has 0 unspecified atom stereocenters. The van der Waals surface area contributed by atoms with Crippen LogP contribution in [0, 0.1) is 0 Å². The van der Waals surface area contributed by atoms with Crippen LogP contribution in [0.5, 0.6) is 5.75 Å². The van der Waals surface area contributed by atoms with E-state index in [1.54, 1.807) is 6.07 Å². The lowest BCUT2D eigenvalue weighted by atomic mass is 10.1. The SMILES string of the molecule is COc1cc(C(=O)O)cc2ccc(Br)cc12. The molecule has 0 bridgehead atoms. The van der Waals surface area contributed by atoms with Crippen molar-refractivity contribution in [3.8, 4) is 5.75 Å². The first-order valence-corrected chi connectivity index (χ1v) is 5.41. The summed E-state index contributed by atoms with van der Waals surface area (Å²) in [6.45, 7) is 0. The Morgan fingerprint density at radius 1 is 1.31 bits per heavy atom. The highest BCUT2D eigenvalue weighted by Crippen LogP contribution is 2.30. The summed E-state index contributed by atoms with van der Waals surface area (Å²) in [5.41, 5.74) is 0.228. The Morgan fingerprint density at radius 3 is 2.69 bits per heavy atom. The molecule has 2 aromatic rings. The number of methoxy groups -OCH3 is 1. The summed E-state index contributed by atoms with van der Waals surface area (Å²) < 4.78 is 6.12. The number of carbonyl (C=O) groups is 1. The van der Waals surface area contributed by atoms with Crippen LogP contribution in [0.25, 0.3) is 10.8 Å². The number of benzene rings is 2. The summed E-state index contributed by atoms with van der Waals surface area (Å²) in [5, 5.41) is 10.7. The van der Waals surface area contributed by atoms with Gasteiger partial charge in [-0.25, -0.2) is 4.79 Å². The number of rotatable bonds is 2. The Hall–Kier alpha value is -1.55. The second kappa shape index (κ2) is 4.14. The number of ether oxygens (including phenoxy) is 1. The van der Waals surface area contributed by atoms with E-state index in [1.807, 2.05) is 18.2 Å². The van der Waals surface area contributed by atoms with Crippen molar-refractivity contribution in [2.24, 2.45) is 0 Å². The van der Waals surface area contributed by atoms with E-state index in [1.165, 1.54) is 13.2 Å². The minimum atomic E-state index is -0.955. The van der Waals surface area contributed by atoms with Crippen molar-refractivity contribution in [2.45, 2.75) is 0 Å². The van der Waals surface area contributed by atoms with Crippen molar-refractivity contribution in [1.29, 1.82) is 0 Å². The van der Waals surface area contributed by atoms with Crippen molar-refractivity contribution in [1.82, 2.24) is 0 Å². The van der Waals surface area contributed by atoms with Gasteiger partial charge in [-0.2, -0.15) is 0 Å². The van der Waals surface area contributed by atoms with Crippen LogP contribution in [0.4, 0.5) is 0 Å². The molecule has 0 radical (unpaired) electrons. The van der Waals surface area contributed by atoms with Crippen LogP contribution in [-0.4, -0.2) is 18.2 Å². The van der Waals surface area contributed by atoms with Gasteiger partial charge in [0.15, 0.2) is 0 Å². The van der Waals surface area contributed by atoms with E-state index in [0.29, 0.717) is 5.75 Å². The average molecular weight is 281 g/mol. The third kappa shape index (κ3) is 1.88. The Bertz CT molecular complexity index is 563. The molecule has 16 heavy (non-hydrogen) atoms. The quantitative estimate of drug-likeness (QED) is 0.918. The molecular weight excluding hydrogens is 272 g/mol. The first-order chi connectivity index (χ1) is 7.61. The molecule has 0 saturated carbocycles. The summed E-state index contributed by atoms with van der Waals surface area (Å²) in [6.07, 6.45) is 0. The monoisotopic (exact) mass is 280 g/mol. The van der Waals surface area contributed by atoms with Crippen molar-refractivity contribution < 1.29 is 14.6 Å². The van der Waals surface area contributed by atoms with E-state index in [2.05, 4.69) is 15.9 Å². The number of hydrogen-bond acceptors (Lipinski definition) is 2. The van der Waals surface area contributed by atoms with Crippen LogP contribution in [0.2, 0.25) is 0 Å². The fourth-order valence-electron chi connectivity index (χ4n) is 1.59. The Balaban J connectivity index is 2.78. The summed E-state index contributed by atoms with van der Waals surface area (Å²) >= 11 is 3.37. The molecule has 0 fully saturated rings. The second-order valence-electron chi connectivity index (χ2n) is 3.35. The van der Waals surface area contributed by atoms with Crippen LogP contribution >= 0.6 is 15.9 Å². The molecule has 0 heterocycles. The molecule has 0 atom stereocenters. The standard InChI is InChI=1S/C12H9BrO3/c1-16-11-5-8(12(14)15)4-7-2-3-9(13)6-10(7)11/h2-6H,1H3,(H,14,15). The predicted molar refractivity (Wildman–Crippen MR) is 65.2 cm³/mol. The molecule has 4 heteroatoms. The maximum absolute atomic E-state index is 10.9. The minimum Gasteiger partial charge on any atom is -0.496 e. The number of carboxylic acids is 1. The van der Waals surface area contributed by atoms with E-state index >= 15 is 0 Å². The number of fused-ring (bicyclic) bond motifs is 1. The fourth-order valence-corrected chi connectivity index (χ4v) is 1.95. The van der Waals surface area contributed by atoms with Gasteiger partial charge in [0.05, 0.1) is 12.7 Å². The Morgan fingerprint density at radius 2 is 2.06 bits per heavy atom. The normalized spacial score (nSPS) is 10.4. The molecule has 0 spiro atoms. The van der Waals surface area contributed by atoms with E-state index in [9.17, 15) is 4.79 Å². The third-order valence-corrected chi connectivity index (χ3v) is 2.84. The van der Waals surface area contributed by atoms with Gasteiger partial charge in [-0.05, 0) is 29.7 Å². The Kier molecular flexibility index (Phi) is 2.83. The van der Waals surface area contributed by atoms with E-state index in [4.69, 9.17) is 9.84 Å². The lowest BCUT2D eigenvalue weighted by Gasteiger charge is -2.07. The van der Waals surface area contributed by atoms with Crippen molar-refractivity contribution in [3.63, 3.8) is 0 Å². The lowest BCUT2D eigenvalue weighted by molar-refractivity contribution is 0.0696. The maximum atomic E-state index is 10.9. The summed E-state index contributed by atoms with van der Waals surface area (Å²) in [6, 6.07) is 8.78. The van der Waals surface area contributed by atoms with Crippen LogP contribution in [0.15, 0.2) is 34.8 Å². The van der Waals surface area contributed by atoms with Gasteiger partial charge in [0, 0.05) is 9.86 Å². The molecule has 0 aliphatic rings. The first kappa shape index (κ1) is 11.0. The van der Waals surface area contributed by atoms with Crippen molar-refractivity contribution in [3.05, 3.63) is 40.4 Å². The molecule has 3 nitrogen and oxygen atoms in total. The third-order valence-electron chi connectivity index (χ3n) is 2.35. The smallest absolute Gasteiger partial charge is 0.335 e. The van der Waals surface area contributed by atoms with Gasteiger partial charge in [0.2, 0.25) is 0 Å². The first-order valence-electron chi connectivity index (χ1n) is 4.62. The molecule has 2 rings (SSSR count). The zero-order chi connectivity index (χ0) is 11.7. The largest absolute Gasteiger partial charge is 0.496 e. The molecule has 0 amide bonds. The molecule has 82 valence electrons. The molecule has 0 aromatic heterocycles. The van der Waals surface area contributed by atoms with E-state index in [0.717, 1.165) is 15.2 Å². The van der Waals surface area contributed by atoms with Gasteiger partial charge in [0.25, 0.3) is 0 Å². The van der Waals surface area contributed by atoms with Crippen LogP contribution in [0.3, 0.4) is 0 Å². The summed E-state index contributed by atoms with van der Waals surface area (Å²) in [5.74, 6) is -0.390. The van der Waals surface area contributed by atoms with Gasteiger partial charge < -0.3 is 9.84 Å². The zero-order valence-corrected chi connectivity index (χ0v) is 10.1. The van der Waals surface area contributed by atoms with Crippen LogP contribution in [-0.2, 0) is 0 Å². The summed E-state index contributed by atoms with van der Waals surface area (Å²) in [4.78, 5) is 10.9. The lowest BCUT2D eigenvalue weighted by Crippen LogP contribution is -1.97. The molecule has 2 aromatic carbocycles. The molecule has 0 aliphatic heterocycles. The number of hydrogen-bond donors (Lipinski definition) is 1. The van der Waals surface area contributed by atoms with Gasteiger partial charge in [-0.1, -0.05) is 22.0 Å². The van der Waals surface area contributed by atoms with Crippen LogP contribution in [0.1, 0.15) is 10.4 Å². The van der Waals surface area contributed by atoms with E-state index in [-0.39, 0.29) is 5.56 Å². The maximum Gasteiger partial charge on any atom is 0.335 e. The van der Waals surface area contributed by atoms with E-state index < -0.39 is 5.97 Å². The molecule has 0 saturated heterocycles. The van der Waals surface area contributed by atoms with Gasteiger partial charge in [0.1, 0.15) is 5.75 Å². The van der Waals surface area contributed by atoms with Crippen molar-refractivity contribution >= 4 is 32.7 Å². The van der Waals surface area contributed by atoms with Gasteiger partial charge >= 0.3 is 5.97 Å². The highest BCUT2D eigenvalue weighted by Gasteiger charge is 2.09. The zero-order valence-electron chi connectivity index (χ0n) is 8.53. The summed E-state index contributed by atoms with van der Waals surface area (Å²) in [7, 11) is 1.53. The minimum absolute atomic E-state index is 0.228. The fraction of sp³-hybridized carbons (Fsp3) is 0.0833. The second-order valence-corrected chi connectivity index (χ2v) is 4.26. The highest BCUT2D eigenvalue weighted by atomic mass is 79.9. The highest BCUT2D eigenvalue weighted by molar-refractivity contribution is 9.10. The number of aromatic carboxylic acids is 1. The van der Waals surface area contributed by atoms with Crippen LogP contribution < -0.4 is 4.74 Å². The predicted octanol–water partition coefficient (Wildman–Crippen LogP) is 3.31. The molecule has 0 aliphatic carbocycles. The van der Waals surface area contributed by atoms with Crippen molar-refractivity contribution in [2.75, 3.05) is 7.11 Å². The van der Waals surface area contributed by atoms with Gasteiger partial charge in [-0.15, -0.1) is 0 Å². The number of carboxylic acid groups (broad SMARTS) is 1. The molecule has 1 N–H and O–H groups in total. The van der Waals surface area contributed by atoms with Gasteiger partial charge in [-0.3, -0.25) is 0 Å². The Labute approximate surface area is 101 Å².